The molecule has 138 heavy (non-hydrogen) atoms. The first-order chi connectivity index (χ1) is 64.6. The molecular formula is C116H181IO14SeSi6. The molecular weight excluding hydrogens is 1990 g/mol. The third-order valence-corrected chi connectivity index (χ3v) is 53.4. The molecule has 7 aromatic rings. The summed E-state index contributed by atoms with van der Waals surface area (Å²) in [6.45, 7) is 70.6. The average molecular weight is 2170 g/mol. The number of alkyl halides is 1. The van der Waals surface area contributed by atoms with E-state index in [1.54, 1.807) is 14.2 Å². The van der Waals surface area contributed by atoms with Crippen molar-refractivity contribution in [2.45, 2.75) is 361 Å². The number of benzene rings is 7. The van der Waals surface area contributed by atoms with Gasteiger partial charge in [0.2, 0.25) is 0 Å². The Labute approximate surface area is 863 Å². The van der Waals surface area contributed by atoms with Crippen LogP contribution in [0.2, 0.25) is 97.7 Å². The van der Waals surface area contributed by atoms with E-state index in [2.05, 4.69) is 395 Å². The van der Waals surface area contributed by atoms with Crippen molar-refractivity contribution < 1.29 is 65.2 Å². The summed E-state index contributed by atoms with van der Waals surface area (Å²) in [4.78, 5) is 27.1. The summed E-state index contributed by atoms with van der Waals surface area (Å²) >= 11 is 2.79. The quantitative estimate of drug-likeness (QED) is 0.00678. The maximum Gasteiger partial charge on any atom is 0.261 e. The molecule has 22 heteroatoms. The molecule has 2 unspecified atom stereocenters. The third kappa shape index (κ3) is 35.9. The van der Waals surface area contributed by atoms with Crippen molar-refractivity contribution >= 4 is 124 Å². The minimum atomic E-state index is -2.68. The summed E-state index contributed by atoms with van der Waals surface area (Å²) < 4.78 is 79.5. The molecule has 0 radical (unpaired) electrons. The Bertz CT molecular complexity index is 4740. The van der Waals surface area contributed by atoms with Gasteiger partial charge in [-0.1, -0.05) is 311 Å². The van der Waals surface area contributed by atoms with Crippen LogP contribution in [-0.2, 0) is 70.7 Å². The van der Waals surface area contributed by atoms with Crippen molar-refractivity contribution in [2.75, 3.05) is 52.1 Å². The van der Waals surface area contributed by atoms with Crippen LogP contribution in [-0.4, -0.2) is 165 Å². The maximum atomic E-state index is 13.9. The number of hydrogen-bond acceptors (Lipinski definition) is 14. The zero-order chi connectivity index (χ0) is 102. The van der Waals surface area contributed by atoms with Gasteiger partial charge in [-0.3, -0.25) is 0 Å². The number of carbonyl (C=O) groups is 2. The van der Waals surface area contributed by atoms with Crippen LogP contribution in [0.1, 0.15) is 246 Å². The Morgan fingerprint density at radius 3 is 1.34 bits per heavy atom. The van der Waals surface area contributed by atoms with Gasteiger partial charge in [-0.05, 0) is 196 Å². The smallest absolute Gasteiger partial charge is 0.261 e. The fourth-order valence-electron chi connectivity index (χ4n) is 18.3. The molecule has 1 aliphatic carbocycles. The molecule has 7 aromatic carbocycles. The Balaban J connectivity index is 0.000000302. The maximum absolute atomic E-state index is 13.9. The first-order valence-electron chi connectivity index (χ1n) is 51.4. The van der Waals surface area contributed by atoms with E-state index in [1.807, 2.05) is 32.0 Å². The van der Waals surface area contributed by atoms with E-state index in [9.17, 15) is 9.59 Å². The summed E-state index contributed by atoms with van der Waals surface area (Å²) in [5.74, 6) is 1.21. The number of aryl methyl sites for hydroxylation is 3. The minimum Gasteiger partial charge on any atom is -0.410 e. The standard InChI is InChI=1S/C53H84O8Si3.C38H61IO2Si2.C25H36O4SeSi/c1-16-17-27-41-38-42(48(47(39-41)57-40-55-10)50(54)56-36-37-62(11,12)13)28-26-34-45-49(60-53(8,9)59-45)46(61-63(14,15)51(2,3)4)33-24-25-35-58-64(52(5,6)7,43-29-20-18-21-30-43)44-31-22-19-23-32-44;1-29(23-24-35(41-42(11,12)36(3,4)5)34-28-38(9,10)27-31(34)25-26-39)30(2)40-43(37(6,7)8,32-19-15-13-16-20-32)33-21-17-14-18-22-33;1-6-7-11-20-16-21(18-30-22-12-9-8-10-13-22)24(23(17-20)29-19-27-2)25(26)28-14-15-31(3,4)5/h18-24,29-33,38-39,45-46,49H,16-17,25-28,34-37,40H2,1-15H3;13-24,29-31,34-35H,25-28H2,1-12H3;8-10,12-13,16-17H,6-7,11,14-15,18-19H2,1-5H3/b33-24-;24-23-;/t45-,46?,49-;29-,30+,31-,34+,35?;/m01./s1. The molecule has 1 saturated carbocycles. The summed E-state index contributed by atoms with van der Waals surface area (Å²) in [5.41, 5.74) is 5.72. The number of carbonyl (C=O) groups excluding carboxylic acids is 2. The molecule has 0 bridgehead atoms. The Morgan fingerprint density at radius 1 is 0.493 bits per heavy atom. The normalized spacial score (nSPS) is 17.7. The molecule has 8 atom stereocenters. The number of ether oxygens (including phenoxy) is 8. The number of unbranched alkanes of at least 4 members (excludes halogenated alkanes) is 2. The Kier molecular flexibility index (Phi) is 47.1. The van der Waals surface area contributed by atoms with E-state index in [1.165, 1.54) is 54.5 Å². The van der Waals surface area contributed by atoms with Gasteiger partial charge in [0.15, 0.2) is 29.2 Å². The minimum absolute atomic E-state index is 0.0125. The van der Waals surface area contributed by atoms with Crippen molar-refractivity contribution in [1.29, 1.82) is 0 Å². The summed E-state index contributed by atoms with van der Waals surface area (Å²) in [6, 6.07) is 64.3. The van der Waals surface area contributed by atoms with Crippen molar-refractivity contribution in [3.05, 3.63) is 234 Å². The Morgan fingerprint density at radius 2 is 0.920 bits per heavy atom. The molecule has 1 aliphatic heterocycles. The molecule has 0 spiro atoms. The van der Waals surface area contributed by atoms with Crippen molar-refractivity contribution in [2.24, 2.45) is 23.2 Å². The van der Waals surface area contributed by atoms with Crippen molar-refractivity contribution in [1.82, 2.24) is 0 Å². The molecule has 1 heterocycles. The molecule has 14 nitrogen and oxygen atoms in total. The van der Waals surface area contributed by atoms with Gasteiger partial charge >= 0.3 is 201 Å². The number of methoxy groups -OCH3 is 2. The second-order valence-electron chi connectivity index (χ2n) is 47.2. The first-order valence-corrected chi connectivity index (χ1v) is 72.0. The fourth-order valence-corrected chi connectivity index (χ4v) is 34.3. The van der Waals surface area contributed by atoms with Gasteiger partial charge in [-0.25, -0.2) is 4.79 Å². The fraction of sp³-hybridized carbons (Fsp3) is 0.586. The molecule has 1 saturated heterocycles. The summed E-state index contributed by atoms with van der Waals surface area (Å²) in [5, 5.41) is 6.06. The second kappa shape index (κ2) is 54.3. The van der Waals surface area contributed by atoms with E-state index in [0.29, 0.717) is 72.5 Å². The van der Waals surface area contributed by atoms with Gasteiger partial charge in [0.05, 0.1) is 24.9 Å². The van der Waals surface area contributed by atoms with Crippen LogP contribution >= 0.6 is 22.6 Å². The van der Waals surface area contributed by atoms with Gasteiger partial charge in [0.1, 0.15) is 17.4 Å². The van der Waals surface area contributed by atoms with Crippen LogP contribution in [0.15, 0.2) is 200 Å². The van der Waals surface area contributed by atoms with Gasteiger partial charge in [-0.15, -0.1) is 0 Å². The molecule has 0 N–H and O–H groups in total. The predicted octanol–water partition coefficient (Wildman–Crippen LogP) is 27.7. The first kappa shape index (κ1) is 120. The Hall–Kier alpha value is -5.21. The molecule has 766 valence electrons. The van der Waals surface area contributed by atoms with Crippen LogP contribution < -0.4 is 34.7 Å². The molecule has 9 rings (SSSR count). The predicted molar refractivity (Wildman–Crippen MR) is 606 cm³/mol. The van der Waals surface area contributed by atoms with Crippen LogP contribution in [0.25, 0.3) is 0 Å². The van der Waals surface area contributed by atoms with Crippen LogP contribution in [0.3, 0.4) is 0 Å². The zero-order valence-corrected chi connectivity index (χ0v) is 101. The van der Waals surface area contributed by atoms with Crippen molar-refractivity contribution in [3.63, 3.8) is 0 Å². The summed E-state index contributed by atoms with van der Waals surface area (Å²) in [6.07, 6.45) is 21.5. The SMILES string of the molecule is CCCCc1cc(CCC[C@@H]2OC(C)(C)O[C@@H]2C(/C=C\CCO[Si](c2ccccc2)(c2ccccc2)C(C)(C)C)O[Si](C)(C)C(C)(C)C)c(C(=O)OCC[Si](C)(C)C)c(OCOC)c1.CCCCc1cc(C[Se]c2ccccc2)c(C(=O)OCC[Si](C)(C)C)c(OCOC)c1.C[C@H](/C=C\C(O[Si](C)(C)C(C)(C)C)[C@H]1CC(C)(C)C[C@H]1CCI)[C@H](C)O[Si](c1ccccc1)(c1ccccc1)C(C)(C)C. The van der Waals surface area contributed by atoms with Gasteiger partial charge < -0.3 is 41.4 Å². The van der Waals surface area contributed by atoms with E-state index in [0.717, 1.165) is 85.5 Å². The van der Waals surface area contributed by atoms with Gasteiger partial charge in [0, 0.05) is 27.9 Å². The zero-order valence-electron chi connectivity index (χ0n) is 91.2. The van der Waals surface area contributed by atoms with E-state index >= 15 is 0 Å². The van der Waals surface area contributed by atoms with E-state index < -0.39 is 55.2 Å². The second-order valence-corrected chi connectivity index (χ2v) is 79.8. The molecule has 0 aromatic heterocycles. The molecule has 2 aliphatic rings. The van der Waals surface area contributed by atoms with Crippen LogP contribution in [0, 0.1) is 23.2 Å². The molecule has 0 amide bonds. The third-order valence-electron chi connectivity index (χ3n) is 28.0. The number of hydrogen-bond donors (Lipinski definition) is 0. The van der Waals surface area contributed by atoms with Gasteiger partial charge in [0.25, 0.3) is 16.6 Å². The number of rotatable bonds is 49. The summed E-state index contributed by atoms with van der Waals surface area (Å²) in [7, 11) is -9.04. The van der Waals surface area contributed by atoms with Crippen molar-refractivity contribution in [3.8, 4) is 11.5 Å². The van der Waals surface area contributed by atoms with Crippen LogP contribution in [0.5, 0.6) is 11.5 Å². The van der Waals surface area contributed by atoms with Gasteiger partial charge in [-0.2, -0.15) is 0 Å². The van der Waals surface area contributed by atoms with E-state index in [-0.39, 0.29) is 97.1 Å². The van der Waals surface area contributed by atoms with E-state index in [4.69, 9.17) is 55.6 Å². The topological polar surface area (TPSA) is 145 Å². The number of halogens is 1. The monoisotopic (exact) mass is 2170 g/mol. The number of esters is 2. The van der Waals surface area contributed by atoms with Crippen LogP contribution in [0.4, 0.5) is 0 Å². The molecule has 2 fully saturated rings. The largest absolute Gasteiger partial charge is 0.410 e. The average Bonchev–Trinajstić information content (AvgIpc) is 1.05.